The van der Waals surface area contributed by atoms with Crippen LogP contribution in [0.4, 0.5) is 0 Å². The largest absolute Gasteiger partial charge is 0.355 e. The first kappa shape index (κ1) is 12.8. The Morgan fingerprint density at radius 2 is 2.06 bits per heavy atom. The van der Waals surface area contributed by atoms with E-state index in [0.29, 0.717) is 6.54 Å². The topological polar surface area (TPSA) is 41.4 Å². The number of guanidine groups is 1. The van der Waals surface area contributed by atoms with Gasteiger partial charge in [-0.15, -0.1) is 0 Å². The molecule has 0 spiro atoms. The van der Waals surface area contributed by atoms with Gasteiger partial charge in [-0.3, -0.25) is 4.99 Å². The molecule has 0 aromatic carbocycles. The van der Waals surface area contributed by atoms with Gasteiger partial charge in [0.05, 0.1) is 0 Å². The molecule has 1 heterocycles. The molecule has 0 radical (unpaired) electrons. The van der Waals surface area contributed by atoms with Gasteiger partial charge in [0, 0.05) is 43.6 Å². The molecule has 1 rings (SSSR count). The van der Waals surface area contributed by atoms with E-state index in [2.05, 4.69) is 42.7 Å². The molecule has 0 aliphatic heterocycles. The maximum Gasteiger partial charge on any atom is 0.191 e. The average Bonchev–Trinajstić information content (AvgIpc) is 2.75. The van der Waals surface area contributed by atoms with Gasteiger partial charge >= 0.3 is 0 Å². The molecule has 0 aliphatic rings. The lowest BCUT2D eigenvalue weighted by molar-refractivity contribution is 0.669. The van der Waals surface area contributed by atoms with Gasteiger partial charge in [-0.1, -0.05) is 22.5 Å². The van der Waals surface area contributed by atoms with E-state index in [9.17, 15) is 0 Å². The molecule has 0 saturated carbocycles. The molecule has 0 saturated heterocycles. The molecule has 0 bridgehead atoms. The number of nitrogens with zero attached hydrogens (tertiary/aromatic N) is 2. The smallest absolute Gasteiger partial charge is 0.191 e. The highest BCUT2D eigenvalue weighted by Crippen LogP contribution is 1.96. The summed E-state index contributed by atoms with van der Waals surface area (Å²) in [6, 6.07) is 4.03. The molecule has 1 aromatic heterocycles. The van der Waals surface area contributed by atoms with E-state index in [1.165, 1.54) is 0 Å². The summed E-state index contributed by atoms with van der Waals surface area (Å²) >= 11 is 3.29. The predicted molar refractivity (Wildman–Crippen MR) is 71.9 cm³/mol. The quantitative estimate of drug-likeness (QED) is 0.637. The van der Waals surface area contributed by atoms with E-state index in [1.807, 2.05) is 24.5 Å². The van der Waals surface area contributed by atoms with Crippen molar-refractivity contribution < 1.29 is 0 Å². The molecule has 0 fully saturated rings. The van der Waals surface area contributed by atoms with Crippen molar-refractivity contribution in [2.75, 3.05) is 20.1 Å². The van der Waals surface area contributed by atoms with Crippen molar-refractivity contribution in [2.45, 2.75) is 6.54 Å². The molecule has 2 N–H and O–H groups in total. The number of rotatable bonds is 5. The number of hydrogen-bond acceptors (Lipinski definition) is 1. The van der Waals surface area contributed by atoms with E-state index in [0.717, 1.165) is 23.5 Å². The standard InChI is InChI=1S/C11H17BrN4/c1-10(12)9-15-11(13-2)14-5-8-16-6-3-4-7-16/h3-4,6-7H,1,5,8-9H2,2H3,(H2,13,14,15). The Labute approximate surface area is 105 Å². The fourth-order valence-corrected chi connectivity index (χ4v) is 1.36. The van der Waals surface area contributed by atoms with Crippen LogP contribution in [-0.2, 0) is 6.54 Å². The third-order valence-electron chi connectivity index (χ3n) is 2.00. The fourth-order valence-electron chi connectivity index (χ4n) is 1.22. The summed E-state index contributed by atoms with van der Waals surface area (Å²) in [5.74, 6) is 0.785. The summed E-state index contributed by atoms with van der Waals surface area (Å²) in [5.41, 5.74) is 0. The zero-order valence-corrected chi connectivity index (χ0v) is 11.0. The third kappa shape index (κ3) is 5.02. The van der Waals surface area contributed by atoms with Crippen LogP contribution in [0, 0.1) is 0 Å². The number of halogens is 1. The van der Waals surface area contributed by atoms with Crippen LogP contribution in [0.1, 0.15) is 0 Å². The van der Waals surface area contributed by atoms with E-state index in [1.54, 1.807) is 7.05 Å². The van der Waals surface area contributed by atoms with Crippen LogP contribution < -0.4 is 10.6 Å². The van der Waals surface area contributed by atoms with Crippen molar-refractivity contribution in [3.05, 3.63) is 35.6 Å². The van der Waals surface area contributed by atoms with Crippen molar-refractivity contribution in [2.24, 2.45) is 4.99 Å². The van der Waals surface area contributed by atoms with Crippen LogP contribution in [0.5, 0.6) is 0 Å². The van der Waals surface area contributed by atoms with E-state index >= 15 is 0 Å². The van der Waals surface area contributed by atoms with Crippen LogP contribution >= 0.6 is 15.9 Å². The van der Waals surface area contributed by atoms with Gasteiger partial charge in [-0.25, -0.2) is 0 Å². The molecular weight excluding hydrogens is 268 g/mol. The van der Waals surface area contributed by atoms with Crippen molar-refractivity contribution in [1.82, 2.24) is 15.2 Å². The monoisotopic (exact) mass is 284 g/mol. The predicted octanol–water partition coefficient (Wildman–Crippen LogP) is 1.56. The minimum atomic E-state index is 0.670. The summed E-state index contributed by atoms with van der Waals surface area (Å²) in [7, 11) is 1.75. The summed E-state index contributed by atoms with van der Waals surface area (Å²) in [6.07, 6.45) is 4.08. The second kappa shape index (κ2) is 7.11. The Balaban J connectivity index is 2.22. The maximum atomic E-state index is 4.10. The average molecular weight is 285 g/mol. The minimum Gasteiger partial charge on any atom is -0.355 e. The van der Waals surface area contributed by atoms with Gasteiger partial charge in [0.15, 0.2) is 5.96 Å². The Hall–Kier alpha value is -1.23. The third-order valence-corrected chi connectivity index (χ3v) is 2.28. The Kier molecular flexibility index (Phi) is 5.71. The molecule has 1 aromatic rings. The molecule has 5 heteroatoms. The molecular formula is C11H17BrN4. The van der Waals surface area contributed by atoms with Crippen LogP contribution in [0.3, 0.4) is 0 Å². The zero-order chi connectivity index (χ0) is 11.8. The summed E-state index contributed by atoms with van der Waals surface area (Å²) in [6.45, 7) is 6.18. The molecule has 88 valence electrons. The van der Waals surface area contributed by atoms with Crippen molar-refractivity contribution in [3.8, 4) is 0 Å². The minimum absolute atomic E-state index is 0.670. The van der Waals surface area contributed by atoms with Crippen molar-refractivity contribution in [1.29, 1.82) is 0 Å². The second-order valence-electron chi connectivity index (χ2n) is 3.29. The number of aliphatic imine (C=N–C) groups is 1. The highest BCUT2D eigenvalue weighted by Gasteiger charge is 1.96. The summed E-state index contributed by atoms with van der Waals surface area (Å²) in [4.78, 5) is 4.10. The molecule has 0 amide bonds. The van der Waals surface area contributed by atoms with Crippen molar-refractivity contribution in [3.63, 3.8) is 0 Å². The Morgan fingerprint density at radius 3 is 2.62 bits per heavy atom. The Bertz CT molecular complexity index is 343. The van der Waals surface area contributed by atoms with Gasteiger partial charge in [0.2, 0.25) is 0 Å². The van der Waals surface area contributed by atoms with Gasteiger partial charge in [-0.05, 0) is 12.1 Å². The van der Waals surface area contributed by atoms with Gasteiger partial charge in [0.25, 0.3) is 0 Å². The molecule has 0 aliphatic carbocycles. The lowest BCUT2D eigenvalue weighted by atomic mass is 10.5. The molecule has 16 heavy (non-hydrogen) atoms. The van der Waals surface area contributed by atoms with Gasteiger partial charge < -0.3 is 15.2 Å². The lowest BCUT2D eigenvalue weighted by Crippen LogP contribution is -2.39. The maximum absolute atomic E-state index is 4.10. The first-order valence-corrected chi connectivity index (χ1v) is 5.90. The first-order chi connectivity index (χ1) is 7.72. The van der Waals surface area contributed by atoms with Gasteiger partial charge in [0.1, 0.15) is 0 Å². The van der Waals surface area contributed by atoms with E-state index in [-0.39, 0.29) is 0 Å². The SMILES string of the molecule is C=C(Br)CNC(=NC)NCCn1cccc1. The highest BCUT2D eigenvalue weighted by atomic mass is 79.9. The van der Waals surface area contributed by atoms with Crippen LogP contribution in [0.15, 0.2) is 40.6 Å². The molecule has 4 nitrogen and oxygen atoms in total. The van der Waals surface area contributed by atoms with E-state index < -0.39 is 0 Å². The van der Waals surface area contributed by atoms with Gasteiger partial charge in [-0.2, -0.15) is 0 Å². The lowest BCUT2D eigenvalue weighted by Gasteiger charge is -2.11. The fraction of sp³-hybridized carbons (Fsp3) is 0.364. The highest BCUT2D eigenvalue weighted by molar-refractivity contribution is 9.11. The summed E-state index contributed by atoms with van der Waals surface area (Å²) < 4.78 is 3.02. The van der Waals surface area contributed by atoms with Crippen molar-refractivity contribution >= 4 is 21.9 Å². The molecule has 0 unspecified atom stereocenters. The normalized spacial score (nSPS) is 11.2. The number of nitrogens with one attached hydrogen (secondary N) is 2. The zero-order valence-electron chi connectivity index (χ0n) is 9.41. The summed E-state index contributed by atoms with van der Waals surface area (Å²) in [5, 5.41) is 6.35. The molecule has 0 atom stereocenters. The van der Waals surface area contributed by atoms with Crippen LogP contribution in [0.25, 0.3) is 0 Å². The van der Waals surface area contributed by atoms with E-state index in [4.69, 9.17) is 0 Å². The second-order valence-corrected chi connectivity index (χ2v) is 4.41. The number of aromatic nitrogens is 1. The van der Waals surface area contributed by atoms with Crippen LogP contribution in [-0.4, -0.2) is 30.7 Å². The Morgan fingerprint density at radius 1 is 1.38 bits per heavy atom. The number of hydrogen-bond donors (Lipinski definition) is 2. The first-order valence-electron chi connectivity index (χ1n) is 5.11. The van der Waals surface area contributed by atoms with Crippen LogP contribution in [0.2, 0.25) is 0 Å².